The van der Waals surface area contributed by atoms with Crippen molar-refractivity contribution in [1.82, 2.24) is 15.1 Å². The molecule has 0 saturated carbocycles. The second kappa shape index (κ2) is 6.91. The van der Waals surface area contributed by atoms with Gasteiger partial charge in [-0.2, -0.15) is 10.2 Å². The van der Waals surface area contributed by atoms with E-state index in [2.05, 4.69) is 16.1 Å². The normalized spacial score (nSPS) is 15.7. The number of hydrogen-bond acceptors (Lipinski definition) is 4. The molecule has 2 aromatic rings. The molecular weight excluding hydrogens is 333 g/mol. The van der Waals surface area contributed by atoms with Crippen LogP contribution in [0.5, 0.6) is 0 Å². The van der Waals surface area contributed by atoms with E-state index in [1.54, 1.807) is 17.0 Å². The fraction of sp³-hybridized carbons (Fsp3) is 0.450. The Bertz CT molecular complexity index is 875. The Labute approximate surface area is 152 Å². The summed E-state index contributed by atoms with van der Waals surface area (Å²) >= 11 is 0. The maximum absolute atomic E-state index is 14.3. The van der Waals surface area contributed by atoms with Crippen LogP contribution in [0.15, 0.2) is 18.2 Å². The Morgan fingerprint density at radius 2 is 1.96 bits per heavy atom. The Morgan fingerprint density at radius 1 is 1.27 bits per heavy atom. The van der Waals surface area contributed by atoms with Gasteiger partial charge in [0.25, 0.3) is 0 Å². The van der Waals surface area contributed by atoms with Gasteiger partial charge in [0.15, 0.2) is 0 Å². The summed E-state index contributed by atoms with van der Waals surface area (Å²) in [6, 6.07) is 4.73. The predicted molar refractivity (Wildman–Crippen MR) is 97.2 cm³/mol. The van der Waals surface area contributed by atoms with Gasteiger partial charge >= 0.3 is 6.09 Å². The first-order chi connectivity index (χ1) is 12.3. The molecule has 3 rings (SSSR count). The summed E-state index contributed by atoms with van der Waals surface area (Å²) in [5.74, 6) is 2.16. The number of carbonyl (C=O) groups is 1. The number of amides is 1. The van der Waals surface area contributed by atoms with Crippen molar-refractivity contribution in [2.75, 3.05) is 13.1 Å². The highest BCUT2D eigenvalue weighted by Crippen LogP contribution is 2.29. The van der Waals surface area contributed by atoms with Crippen LogP contribution in [0.4, 0.5) is 9.18 Å². The molecule has 1 fully saturated rings. The average Bonchev–Trinajstić information content (AvgIpc) is 2.60. The smallest absolute Gasteiger partial charge is 0.410 e. The van der Waals surface area contributed by atoms with Gasteiger partial charge in [-0.25, -0.2) is 9.18 Å². The predicted octanol–water partition coefficient (Wildman–Crippen LogP) is 3.86. The van der Waals surface area contributed by atoms with Gasteiger partial charge in [0.05, 0.1) is 11.2 Å². The van der Waals surface area contributed by atoms with Gasteiger partial charge in [0, 0.05) is 30.0 Å². The number of hydrogen-bond donors (Lipinski definition) is 0. The van der Waals surface area contributed by atoms with Crippen LogP contribution in [0.1, 0.15) is 50.8 Å². The number of ether oxygens (including phenoxy) is 1. The molecule has 0 radical (unpaired) electrons. The van der Waals surface area contributed by atoms with Crippen molar-refractivity contribution in [2.24, 2.45) is 0 Å². The third kappa shape index (κ3) is 3.93. The molecule has 1 aromatic heterocycles. The van der Waals surface area contributed by atoms with Crippen molar-refractivity contribution in [1.29, 1.82) is 0 Å². The topological polar surface area (TPSA) is 55.3 Å². The summed E-state index contributed by atoms with van der Waals surface area (Å²) in [6.07, 6.45) is 6.51. The number of halogens is 1. The molecule has 0 atom stereocenters. The molecular formula is C20H22FN3O2. The maximum atomic E-state index is 14.3. The second-order valence-electron chi connectivity index (χ2n) is 7.55. The van der Waals surface area contributed by atoms with Crippen LogP contribution in [-0.2, 0) is 4.74 Å². The van der Waals surface area contributed by atoms with E-state index in [1.807, 2.05) is 20.8 Å². The van der Waals surface area contributed by atoms with E-state index in [-0.39, 0.29) is 12.0 Å². The largest absolute Gasteiger partial charge is 0.444 e. The van der Waals surface area contributed by atoms with Crippen LogP contribution in [0.3, 0.4) is 0 Å². The van der Waals surface area contributed by atoms with Crippen molar-refractivity contribution in [2.45, 2.75) is 45.1 Å². The number of benzene rings is 1. The van der Waals surface area contributed by atoms with E-state index in [9.17, 15) is 9.18 Å². The van der Waals surface area contributed by atoms with Gasteiger partial charge in [-0.05, 0) is 51.8 Å². The average molecular weight is 355 g/mol. The Kier molecular flexibility index (Phi) is 4.82. The van der Waals surface area contributed by atoms with E-state index in [0.29, 0.717) is 29.6 Å². The minimum atomic E-state index is -0.507. The molecule has 0 unspecified atom stereocenters. The number of aromatic nitrogens is 2. The first-order valence-corrected chi connectivity index (χ1v) is 8.68. The first kappa shape index (κ1) is 18.1. The van der Waals surface area contributed by atoms with Crippen LogP contribution in [0.2, 0.25) is 0 Å². The highest BCUT2D eigenvalue weighted by molar-refractivity contribution is 5.80. The van der Waals surface area contributed by atoms with Gasteiger partial charge in [-0.15, -0.1) is 6.42 Å². The maximum Gasteiger partial charge on any atom is 0.410 e. The zero-order chi connectivity index (χ0) is 18.9. The molecule has 1 aromatic carbocycles. The lowest BCUT2D eigenvalue weighted by molar-refractivity contribution is 0.0204. The quantitative estimate of drug-likeness (QED) is 0.729. The standard InChI is InChI=1S/C20H22FN3O2/c1-5-13-10-16(21)15-12-17(22-23-18(15)11-13)14-6-8-24(9-7-14)19(25)26-20(2,3)4/h1,10-12,14H,6-9H2,2-4H3. The van der Waals surface area contributed by atoms with Crippen LogP contribution >= 0.6 is 0 Å². The number of likely N-dealkylation sites (tertiary alicyclic amines) is 1. The summed E-state index contributed by atoms with van der Waals surface area (Å²) in [4.78, 5) is 13.9. The van der Waals surface area contributed by atoms with Gasteiger partial charge in [0.1, 0.15) is 11.4 Å². The van der Waals surface area contributed by atoms with Crippen molar-refractivity contribution < 1.29 is 13.9 Å². The highest BCUT2D eigenvalue weighted by Gasteiger charge is 2.28. The van der Waals surface area contributed by atoms with Crippen LogP contribution in [-0.4, -0.2) is 39.9 Å². The number of carbonyl (C=O) groups excluding carboxylic acids is 1. The van der Waals surface area contributed by atoms with E-state index in [0.717, 1.165) is 18.5 Å². The lowest BCUT2D eigenvalue weighted by atomic mass is 9.93. The third-order valence-electron chi connectivity index (χ3n) is 4.40. The first-order valence-electron chi connectivity index (χ1n) is 8.68. The Balaban J connectivity index is 1.73. The molecule has 0 spiro atoms. The lowest BCUT2D eigenvalue weighted by Gasteiger charge is -2.33. The number of nitrogens with zero attached hydrogens (tertiary/aromatic N) is 3. The molecule has 5 nitrogen and oxygen atoms in total. The molecule has 136 valence electrons. The summed E-state index contributed by atoms with van der Waals surface area (Å²) in [6.45, 7) is 6.71. The monoisotopic (exact) mass is 355 g/mol. The van der Waals surface area contributed by atoms with Gasteiger partial charge < -0.3 is 9.64 Å². The summed E-state index contributed by atoms with van der Waals surface area (Å²) < 4.78 is 19.7. The molecule has 1 aliphatic heterocycles. The number of terminal acetylenes is 1. The van der Waals surface area contributed by atoms with Crippen molar-refractivity contribution >= 4 is 17.0 Å². The van der Waals surface area contributed by atoms with Crippen LogP contribution in [0.25, 0.3) is 10.9 Å². The molecule has 0 aliphatic carbocycles. The van der Waals surface area contributed by atoms with Crippen molar-refractivity contribution in [3.05, 3.63) is 35.3 Å². The third-order valence-corrected chi connectivity index (χ3v) is 4.40. The lowest BCUT2D eigenvalue weighted by Crippen LogP contribution is -2.41. The molecule has 1 amide bonds. The summed E-state index contributed by atoms with van der Waals surface area (Å²) in [5, 5.41) is 8.81. The summed E-state index contributed by atoms with van der Waals surface area (Å²) in [7, 11) is 0. The van der Waals surface area contributed by atoms with Crippen molar-refractivity contribution in [3.63, 3.8) is 0 Å². The zero-order valence-corrected chi connectivity index (χ0v) is 15.3. The second-order valence-corrected chi connectivity index (χ2v) is 7.55. The molecule has 6 heteroatoms. The van der Waals surface area contributed by atoms with Crippen molar-refractivity contribution in [3.8, 4) is 12.3 Å². The summed E-state index contributed by atoms with van der Waals surface area (Å²) in [5.41, 5.74) is 1.14. The minimum absolute atomic E-state index is 0.136. The molecule has 2 heterocycles. The van der Waals surface area contributed by atoms with Gasteiger partial charge in [-0.1, -0.05) is 5.92 Å². The van der Waals surface area contributed by atoms with Crippen LogP contribution < -0.4 is 0 Å². The molecule has 26 heavy (non-hydrogen) atoms. The fourth-order valence-corrected chi connectivity index (χ4v) is 3.08. The molecule has 0 N–H and O–H groups in total. The Morgan fingerprint density at radius 3 is 2.58 bits per heavy atom. The number of fused-ring (bicyclic) bond motifs is 1. The molecule has 1 saturated heterocycles. The number of piperidine rings is 1. The van der Waals surface area contributed by atoms with E-state index >= 15 is 0 Å². The molecule has 0 bridgehead atoms. The number of rotatable bonds is 1. The fourth-order valence-electron chi connectivity index (χ4n) is 3.08. The zero-order valence-electron chi connectivity index (χ0n) is 15.3. The van der Waals surface area contributed by atoms with E-state index in [1.165, 1.54) is 6.07 Å². The van der Waals surface area contributed by atoms with Gasteiger partial charge in [0.2, 0.25) is 0 Å². The van der Waals surface area contributed by atoms with Gasteiger partial charge in [-0.3, -0.25) is 0 Å². The SMILES string of the molecule is C#Cc1cc(F)c2cc(C3CCN(C(=O)OC(C)(C)C)CC3)nnc2c1. The van der Waals surface area contributed by atoms with Crippen LogP contribution in [0, 0.1) is 18.2 Å². The Hall–Kier alpha value is -2.68. The van der Waals surface area contributed by atoms with E-state index < -0.39 is 11.4 Å². The van der Waals surface area contributed by atoms with E-state index in [4.69, 9.17) is 11.2 Å². The highest BCUT2D eigenvalue weighted by atomic mass is 19.1. The molecule has 1 aliphatic rings. The minimum Gasteiger partial charge on any atom is -0.444 e.